The van der Waals surface area contributed by atoms with E-state index in [0.717, 1.165) is 17.8 Å². The van der Waals surface area contributed by atoms with E-state index >= 15 is 0 Å². The lowest BCUT2D eigenvalue weighted by Gasteiger charge is -2.50. The van der Waals surface area contributed by atoms with Crippen LogP contribution >= 0.6 is 0 Å². The van der Waals surface area contributed by atoms with Crippen molar-refractivity contribution in [2.45, 2.75) is 80.2 Å². The molecule has 1 saturated heterocycles. The van der Waals surface area contributed by atoms with E-state index in [4.69, 9.17) is 0 Å². The highest BCUT2D eigenvalue weighted by Crippen LogP contribution is 2.44. The molecule has 1 unspecified atom stereocenters. The first-order valence-electron chi connectivity index (χ1n) is 8.41. The van der Waals surface area contributed by atoms with Gasteiger partial charge in [0.25, 0.3) is 0 Å². The molecule has 1 heteroatoms. The standard InChI is InChI=1S/C18H37N/c1-9-18(8,15(4)5)16-10-12-19(13-11-16)17(6,7)14(2)3/h14-16H,9-13H2,1-8H3. The second kappa shape index (κ2) is 6.16. The molecule has 19 heavy (non-hydrogen) atoms. The van der Waals surface area contributed by atoms with Crippen LogP contribution in [0.5, 0.6) is 0 Å². The van der Waals surface area contributed by atoms with Crippen LogP contribution in [0.2, 0.25) is 0 Å². The van der Waals surface area contributed by atoms with Crippen LogP contribution in [0.4, 0.5) is 0 Å². The number of nitrogens with zero attached hydrogens (tertiary/aromatic N) is 1. The molecule has 0 aromatic rings. The Labute approximate surface area is 122 Å². The molecular weight excluding hydrogens is 230 g/mol. The smallest absolute Gasteiger partial charge is 0.0176 e. The Hall–Kier alpha value is -0.0400. The molecule has 0 N–H and O–H groups in total. The third-order valence-corrected chi connectivity index (χ3v) is 6.74. The first-order chi connectivity index (χ1) is 8.66. The largest absolute Gasteiger partial charge is 0.298 e. The maximum absolute atomic E-state index is 2.73. The summed E-state index contributed by atoms with van der Waals surface area (Å²) in [5.74, 6) is 2.44. The highest BCUT2D eigenvalue weighted by molar-refractivity contribution is 4.92. The van der Waals surface area contributed by atoms with E-state index in [2.05, 4.69) is 60.3 Å². The number of hydrogen-bond acceptors (Lipinski definition) is 1. The summed E-state index contributed by atoms with van der Waals surface area (Å²) in [7, 11) is 0. The molecule has 0 aromatic heterocycles. The van der Waals surface area contributed by atoms with Gasteiger partial charge in [-0.3, -0.25) is 4.90 Å². The molecule has 0 radical (unpaired) electrons. The average Bonchev–Trinajstić information content (AvgIpc) is 2.37. The van der Waals surface area contributed by atoms with E-state index in [1.54, 1.807) is 0 Å². The summed E-state index contributed by atoms with van der Waals surface area (Å²) in [5, 5.41) is 0. The summed E-state index contributed by atoms with van der Waals surface area (Å²) in [6, 6.07) is 0. The van der Waals surface area contributed by atoms with Crippen LogP contribution in [0.3, 0.4) is 0 Å². The monoisotopic (exact) mass is 267 g/mol. The highest BCUT2D eigenvalue weighted by Gasteiger charge is 2.40. The highest BCUT2D eigenvalue weighted by atomic mass is 15.2. The molecule has 0 amide bonds. The van der Waals surface area contributed by atoms with E-state index < -0.39 is 0 Å². The lowest BCUT2D eigenvalue weighted by atomic mass is 9.64. The first kappa shape index (κ1) is 17.0. The Morgan fingerprint density at radius 1 is 0.947 bits per heavy atom. The maximum atomic E-state index is 2.73. The van der Waals surface area contributed by atoms with E-state index in [0.29, 0.717) is 11.0 Å². The summed E-state index contributed by atoms with van der Waals surface area (Å²) >= 11 is 0. The molecule has 0 bridgehead atoms. The molecule has 1 heterocycles. The zero-order valence-corrected chi connectivity index (χ0v) is 14.7. The van der Waals surface area contributed by atoms with E-state index in [-0.39, 0.29) is 0 Å². The lowest BCUT2D eigenvalue weighted by Crippen LogP contribution is -2.53. The SMILES string of the molecule is CCC(C)(C(C)C)C1CCN(C(C)(C)C(C)C)CC1. The van der Waals surface area contributed by atoms with Crippen LogP contribution in [0.1, 0.15) is 74.7 Å². The van der Waals surface area contributed by atoms with Crippen molar-refractivity contribution < 1.29 is 0 Å². The van der Waals surface area contributed by atoms with Crippen molar-refractivity contribution in [2.24, 2.45) is 23.2 Å². The van der Waals surface area contributed by atoms with Gasteiger partial charge < -0.3 is 0 Å². The predicted octanol–water partition coefficient (Wildman–Crippen LogP) is 5.21. The minimum absolute atomic E-state index is 0.353. The summed E-state index contributed by atoms with van der Waals surface area (Å²) in [4.78, 5) is 2.73. The summed E-state index contributed by atoms with van der Waals surface area (Å²) in [6.45, 7) is 21.8. The minimum atomic E-state index is 0.353. The normalized spacial score (nSPS) is 23.1. The molecule has 1 aliphatic rings. The fraction of sp³-hybridized carbons (Fsp3) is 1.00. The average molecular weight is 268 g/mol. The van der Waals surface area contributed by atoms with Gasteiger partial charge in [-0.05, 0) is 62.9 Å². The zero-order valence-electron chi connectivity index (χ0n) is 14.7. The molecule has 114 valence electrons. The number of rotatable bonds is 5. The van der Waals surface area contributed by atoms with Crippen molar-refractivity contribution in [1.82, 2.24) is 4.90 Å². The summed E-state index contributed by atoms with van der Waals surface area (Å²) in [5.41, 5.74) is 0.888. The van der Waals surface area contributed by atoms with Gasteiger partial charge in [0.05, 0.1) is 0 Å². The van der Waals surface area contributed by atoms with Gasteiger partial charge in [0.1, 0.15) is 0 Å². The van der Waals surface area contributed by atoms with Crippen LogP contribution in [0.15, 0.2) is 0 Å². The van der Waals surface area contributed by atoms with Crippen molar-refractivity contribution in [3.63, 3.8) is 0 Å². The van der Waals surface area contributed by atoms with Crippen LogP contribution in [-0.4, -0.2) is 23.5 Å². The molecule has 1 nitrogen and oxygen atoms in total. The molecule has 1 rings (SSSR count). The Morgan fingerprint density at radius 2 is 1.42 bits per heavy atom. The van der Waals surface area contributed by atoms with E-state index in [1.165, 1.54) is 32.4 Å². The minimum Gasteiger partial charge on any atom is -0.298 e. The van der Waals surface area contributed by atoms with Gasteiger partial charge in [0.15, 0.2) is 0 Å². The number of hydrogen-bond donors (Lipinski definition) is 0. The second-order valence-corrected chi connectivity index (χ2v) is 8.08. The topological polar surface area (TPSA) is 3.24 Å². The van der Waals surface area contributed by atoms with Crippen LogP contribution in [-0.2, 0) is 0 Å². The van der Waals surface area contributed by atoms with Gasteiger partial charge in [-0.1, -0.05) is 48.0 Å². The molecule has 1 aliphatic heterocycles. The van der Waals surface area contributed by atoms with E-state index in [1.807, 2.05) is 0 Å². The molecule has 1 atom stereocenters. The van der Waals surface area contributed by atoms with Crippen molar-refractivity contribution in [3.05, 3.63) is 0 Å². The molecule has 0 aliphatic carbocycles. The number of piperidine rings is 1. The lowest BCUT2D eigenvalue weighted by molar-refractivity contribution is -0.00459. The van der Waals surface area contributed by atoms with Crippen molar-refractivity contribution in [3.8, 4) is 0 Å². The van der Waals surface area contributed by atoms with Gasteiger partial charge in [-0.15, -0.1) is 0 Å². The molecule has 1 fully saturated rings. The number of likely N-dealkylation sites (tertiary alicyclic amines) is 1. The van der Waals surface area contributed by atoms with Gasteiger partial charge >= 0.3 is 0 Å². The third-order valence-electron chi connectivity index (χ3n) is 6.74. The fourth-order valence-electron chi connectivity index (χ4n) is 3.65. The van der Waals surface area contributed by atoms with Crippen LogP contribution in [0, 0.1) is 23.2 Å². The van der Waals surface area contributed by atoms with Crippen LogP contribution < -0.4 is 0 Å². The van der Waals surface area contributed by atoms with Crippen molar-refractivity contribution in [1.29, 1.82) is 0 Å². The van der Waals surface area contributed by atoms with E-state index in [9.17, 15) is 0 Å². The van der Waals surface area contributed by atoms with Crippen molar-refractivity contribution in [2.75, 3.05) is 13.1 Å². The third kappa shape index (κ3) is 3.35. The molecule has 0 spiro atoms. The molecular formula is C18H37N. The van der Waals surface area contributed by atoms with Crippen LogP contribution in [0.25, 0.3) is 0 Å². The zero-order chi connectivity index (χ0) is 14.8. The van der Waals surface area contributed by atoms with Gasteiger partial charge in [-0.2, -0.15) is 0 Å². The molecule has 0 aromatic carbocycles. The van der Waals surface area contributed by atoms with Crippen molar-refractivity contribution >= 4 is 0 Å². The van der Waals surface area contributed by atoms with Gasteiger partial charge in [0, 0.05) is 5.54 Å². The summed E-state index contributed by atoms with van der Waals surface area (Å²) in [6.07, 6.45) is 4.10. The Kier molecular flexibility index (Phi) is 5.52. The van der Waals surface area contributed by atoms with Gasteiger partial charge in [0.2, 0.25) is 0 Å². The summed E-state index contributed by atoms with van der Waals surface area (Å²) < 4.78 is 0. The fourth-order valence-corrected chi connectivity index (χ4v) is 3.65. The molecule has 0 saturated carbocycles. The Morgan fingerprint density at radius 3 is 1.74 bits per heavy atom. The maximum Gasteiger partial charge on any atom is 0.0176 e. The second-order valence-electron chi connectivity index (χ2n) is 8.08. The predicted molar refractivity (Wildman–Crippen MR) is 86.5 cm³/mol. The quantitative estimate of drug-likeness (QED) is 0.661. The Balaban J connectivity index is 2.68. The first-order valence-corrected chi connectivity index (χ1v) is 8.41. The Bertz CT molecular complexity index is 271. The van der Waals surface area contributed by atoms with Gasteiger partial charge in [-0.25, -0.2) is 0 Å².